The van der Waals surface area contributed by atoms with E-state index < -0.39 is 0 Å². The quantitative estimate of drug-likeness (QED) is 0.855. The fourth-order valence-corrected chi connectivity index (χ4v) is 1.83. The minimum absolute atomic E-state index is 0.0207. The molecule has 0 radical (unpaired) electrons. The van der Waals surface area contributed by atoms with Gasteiger partial charge in [0.25, 0.3) is 0 Å². The standard InChI is InChI=1S/C15H16N2O/c1-16(13-9-5-3-6-10-13)15(18)17(2)14-11-7-4-8-12-14/h3-12H,1-2H3/p+1. The van der Waals surface area contributed by atoms with Gasteiger partial charge in [-0.2, -0.15) is 0 Å². The van der Waals surface area contributed by atoms with E-state index in [-0.39, 0.29) is 6.03 Å². The molecule has 0 heterocycles. The van der Waals surface area contributed by atoms with E-state index in [1.807, 2.05) is 67.7 Å². The molecule has 0 spiro atoms. The van der Waals surface area contributed by atoms with Crippen molar-refractivity contribution < 1.29 is 9.69 Å². The number of nitrogens with zero attached hydrogens (tertiary/aromatic N) is 1. The highest BCUT2D eigenvalue weighted by atomic mass is 16.2. The lowest BCUT2D eigenvalue weighted by Gasteiger charge is -2.19. The SMILES string of the molecule is CN(C(=O)[NH+](C)c1ccccc1)c1ccccc1. The average Bonchev–Trinajstić information content (AvgIpc) is 2.47. The van der Waals surface area contributed by atoms with E-state index in [2.05, 4.69) is 0 Å². The molecule has 0 saturated heterocycles. The molecule has 2 aromatic rings. The molecule has 18 heavy (non-hydrogen) atoms. The summed E-state index contributed by atoms with van der Waals surface area (Å²) < 4.78 is 0. The normalized spacial score (nSPS) is 11.9. The summed E-state index contributed by atoms with van der Waals surface area (Å²) in [6.45, 7) is 0. The van der Waals surface area contributed by atoms with Gasteiger partial charge < -0.3 is 0 Å². The third kappa shape index (κ3) is 2.57. The number of benzene rings is 2. The van der Waals surface area contributed by atoms with Gasteiger partial charge in [-0.15, -0.1) is 0 Å². The second-order valence-electron chi connectivity index (χ2n) is 4.19. The summed E-state index contributed by atoms with van der Waals surface area (Å²) >= 11 is 0. The highest BCUT2D eigenvalue weighted by molar-refractivity contribution is 5.86. The van der Waals surface area contributed by atoms with E-state index in [1.165, 1.54) is 0 Å². The van der Waals surface area contributed by atoms with Crippen molar-refractivity contribution in [3.63, 3.8) is 0 Å². The van der Waals surface area contributed by atoms with Gasteiger partial charge in [0.05, 0.1) is 7.05 Å². The number of carbonyl (C=O) groups excluding carboxylic acids is 1. The molecule has 0 saturated carbocycles. The summed E-state index contributed by atoms with van der Waals surface area (Å²) in [6, 6.07) is 19.4. The fraction of sp³-hybridized carbons (Fsp3) is 0.133. The lowest BCUT2D eigenvalue weighted by molar-refractivity contribution is -0.715. The average molecular weight is 241 g/mol. The Kier molecular flexibility index (Phi) is 3.75. The molecule has 1 unspecified atom stereocenters. The Morgan fingerprint density at radius 1 is 0.944 bits per heavy atom. The molecule has 0 bridgehead atoms. The lowest BCUT2D eigenvalue weighted by atomic mass is 10.3. The molecule has 0 fully saturated rings. The zero-order valence-electron chi connectivity index (χ0n) is 10.6. The van der Waals surface area contributed by atoms with Crippen LogP contribution in [-0.2, 0) is 0 Å². The summed E-state index contributed by atoms with van der Waals surface area (Å²) in [5, 5.41) is 0. The first-order chi connectivity index (χ1) is 8.70. The number of amides is 2. The largest absolute Gasteiger partial charge is 0.426 e. The molecule has 0 aromatic heterocycles. The first kappa shape index (κ1) is 12.3. The van der Waals surface area contributed by atoms with Crippen molar-refractivity contribution in [2.24, 2.45) is 0 Å². The molecule has 2 aromatic carbocycles. The van der Waals surface area contributed by atoms with Crippen LogP contribution in [0.2, 0.25) is 0 Å². The van der Waals surface area contributed by atoms with E-state index in [9.17, 15) is 4.79 Å². The van der Waals surface area contributed by atoms with Crippen molar-refractivity contribution in [2.75, 3.05) is 19.0 Å². The molecule has 3 nitrogen and oxygen atoms in total. The number of hydrogen-bond donors (Lipinski definition) is 1. The lowest BCUT2D eigenvalue weighted by Crippen LogP contribution is -3.08. The maximum atomic E-state index is 12.3. The smallest absolute Gasteiger partial charge is 0.265 e. The second-order valence-corrected chi connectivity index (χ2v) is 4.19. The van der Waals surface area contributed by atoms with Gasteiger partial charge in [-0.05, 0) is 24.3 Å². The van der Waals surface area contributed by atoms with E-state index >= 15 is 0 Å². The molecular formula is C15H17N2O+. The van der Waals surface area contributed by atoms with Crippen molar-refractivity contribution in [2.45, 2.75) is 0 Å². The van der Waals surface area contributed by atoms with Crippen molar-refractivity contribution in [1.82, 2.24) is 0 Å². The minimum Gasteiger partial charge on any atom is -0.265 e. The van der Waals surface area contributed by atoms with Crippen LogP contribution in [0.5, 0.6) is 0 Å². The minimum atomic E-state index is 0.0207. The predicted molar refractivity (Wildman–Crippen MR) is 73.2 cm³/mol. The van der Waals surface area contributed by atoms with Crippen LogP contribution in [0.1, 0.15) is 0 Å². The molecule has 0 aliphatic heterocycles. The molecule has 0 aliphatic rings. The Hall–Kier alpha value is -2.13. The molecule has 3 heteroatoms. The number of anilines is 1. The van der Waals surface area contributed by atoms with Gasteiger partial charge in [-0.3, -0.25) is 4.90 Å². The molecule has 92 valence electrons. The molecule has 1 N–H and O–H groups in total. The first-order valence-corrected chi connectivity index (χ1v) is 5.92. The monoisotopic (exact) mass is 241 g/mol. The topological polar surface area (TPSA) is 24.8 Å². The Labute approximate surface area is 107 Å². The number of hydrogen-bond acceptors (Lipinski definition) is 1. The fourth-order valence-electron chi connectivity index (χ4n) is 1.83. The number of nitrogens with one attached hydrogen (secondary N) is 1. The van der Waals surface area contributed by atoms with Gasteiger partial charge in [-0.1, -0.05) is 36.4 Å². The molecule has 2 amide bonds. The molecule has 1 atom stereocenters. The van der Waals surface area contributed by atoms with Crippen LogP contribution in [0, 0.1) is 0 Å². The van der Waals surface area contributed by atoms with Crippen LogP contribution in [0.25, 0.3) is 0 Å². The van der Waals surface area contributed by atoms with Crippen LogP contribution < -0.4 is 9.80 Å². The Morgan fingerprint density at radius 3 is 2.00 bits per heavy atom. The van der Waals surface area contributed by atoms with E-state index in [0.29, 0.717) is 0 Å². The van der Waals surface area contributed by atoms with Crippen LogP contribution in [-0.4, -0.2) is 20.1 Å². The van der Waals surface area contributed by atoms with Crippen molar-refractivity contribution in [3.8, 4) is 0 Å². The maximum Gasteiger partial charge on any atom is 0.426 e. The van der Waals surface area contributed by atoms with Crippen LogP contribution in [0.4, 0.5) is 16.2 Å². The summed E-state index contributed by atoms with van der Waals surface area (Å²) in [5.41, 5.74) is 1.86. The number of urea groups is 1. The number of quaternary nitrogens is 1. The third-order valence-corrected chi connectivity index (χ3v) is 2.98. The highest BCUT2D eigenvalue weighted by Crippen LogP contribution is 2.10. The summed E-state index contributed by atoms with van der Waals surface area (Å²) in [6.07, 6.45) is 0. The van der Waals surface area contributed by atoms with E-state index in [1.54, 1.807) is 11.9 Å². The molecular weight excluding hydrogens is 224 g/mol. The van der Waals surface area contributed by atoms with Gasteiger partial charge in [0.15, 0.2) is 0 Å². The van der Waals surface area contributed by atoms with E-state index in [0.717, 1.165) is 16.3 Å². The zero-order chi connectivity index (χ0) is 13.0. The Bertz CT molecular complexity index is 463. The predicted octanol–water partition coefficient (Wildman–Crippen LogP) is 2.09. The van der Waals surface area contributed by atoms with Gasteiger partial charge in [0.1, 0.15) is 5.69 Å². The Balaban J connectivity index is 2.17. The van der Waals surface area contributed by atoms with Crippen molar-refractivity contribution in [1.29, 1.82) is 0 Å². The van der Waals surface area contributed by atoms with Gasteiger partial charge in [0, 0.05) is 12.7 Å². The van der Waals surface area contributed by atoms with Crippen LogP contribution in [0.3, 0.4) is 0 Å². The van der Waals surface area contributed by atoms with Crippen LogP contribution in [0.15, 0.2) is 60.7 Å². The third-order valence-electron chi connectivity index (χ3n) is 2.98. The number of rotatable bonds is 2. The maximum absolute atomic E-state index is 12.3. The zero-order valence-corrected chi connectivity index (χ0v) is 10.6. The van der Waals surface area contributed by atoms with Gasteiger partial charge >= 0.3 is 6.03 Å². The number of carbonyl (C=O) groups is 1. The van der Waals surface area contributed by atoms with E-state index in [4.69, 9.17) is 0 Å². The summed E-state index contributed by atoms with van der Waals surface area (Å²) in [4.78, 5) is 14.8. The summed E-state index contributed by atoms with van der Waals surface area (Å²) in [5.74, 6) is 0. The van der Waals surface area contributed by atoms with Gasteiger partial charge in [-0.25, -0.2) is 9.69 Å². The number of para-hydroxylation sites is 2. The van der Waals surface area contributed by atoms with Crippen molar-refractivity contribution >= 4 is 17.4 Å². The summed E-state index contributed by atoms with van der Waals surface area (Å²) in [7, 11) is 3.65. The Morgan fingerprint density at radius 2 is 1.44 bits per heavy atom. The first-order valence-electron chi connectivity index (χ1n) is 5.92. The van der Waals surface area contributed by atoms with Crippen LogP contribution >= 0.6 is 0 Å². The second kappa shape index (κ2) is 5.47. The van der Waals surface area contributed by atoms with Crippen molar-refractivity contribution in [3.05, 3.63) is 60.7 Å². The highest BCUT2D eigenvalue weighted by Gasteiger charge is 2.22. The molecule has 0 aliphatic carbocycles. The molecule has 2 rings (SSSR count). The van der Waals surface area contributed by atoms with Gasteiger partial charge in [0.2, 0.25) is 0 Å².